The van der Waals surface area contributed by atoms with Gasteiger partial charge in [0.25, 0.3) is 0 Å². The molecule has 0 saturated carbocycles. The molecule has 1 unspecified atom stereocenters. The molecule has 102 valence electrons. The summed E-state index contributed by atoms with van der Waals surface area (Å²) in [5.41, 5.74) is 2.96. The van der Waals surface area contributed by atoms with Crippen LogP contribution < -0.4 is 0 Å². The van der Waals surface area contributed by atoms with Gasteiger partial charge in [0.2, 0.25) is 0 Å². The molecule has 0 spiro atoms. The zero-order valence-electron chi connectivity index (χ0n) is 11.2. The molecule has 2 N–H and O–H groups in total. The SMILES string of the molecule is C/C(=C\C(O)c1ccc(-c2ccccc2)cc1)C(=O)O. The van der Waals surface area contributed by atoms with Crippen LogP contribution in [0.2, 0.25) is 0 Å². The highest BCUT2D eigenvalue weighted by molar-refractivity contribution is 5.85. The van der Waals surface area contributed by atoms with Crippen molar-refractivity contribution in [3.63, 3.8) is 0 Å². The minimum atomic E-state index is -1.02. The molecule has 0 amide bonds. The maximum atomic E-state index is 10.7. The smallest absolute Gasteiger partial charge is 0.331 e. The van der Waals surface area contributed by atoms with Crippen molar-refractivity contribution in [2.45, 2.75) is 13.0 Å². The highest BCUT2D eigenvalue weighted by Gasteiger charge is 2.08. The molecule has 0 aromatic heterocycles. The Bertz CT molecular complexity index is 612. The summed E-state index contributed by atoms with van der Waals surface area (Å²) in [5.74, 6) is -1.02. The van der Waals surface area contributed by atoms with Gasteiger partial charge in [0.05, 0.1) is 6.10 Å². The van der Waals surface area contributed by atoms with Gasteiger partial charge in [-0.25, -0.2) is 4.79 Å². The van der Waals surface area contributed by atoms with Crippen LogP contribution in [0.3, 0.4) is 0 Å². The van der Waals surface area contributed by atoms with Gasteiger partial charge in [-0.1, -0.05) is 54.6 Å². The average Bonchev–Trinajstić information content (AvgIpc) is 2.48. The molecule has 3 heteroatoms. The molecule has 2 rings (SSSR count). The monoisotopic (exact) mass is 268 g/mol. The summed E-state index contributed by atoms with van der Waals surface area (Å²) in [6.45, 7) is 1.46. The molecule has 0 aliphatic carbocycles. The van der Waals surface area contributed by atoms with Gasteiger partial charge in [-0.15, -0.1) is 0 Å². The maximum absolute atomic E-state index is 10.7. The van der Waals surface area contributed by atoms with Crippen LogP contribution in [0.25, 0.3) is 11.1 Å². The zero-order valence-corrected chi connectivity index (χ0v) is 11.2. The first-order chi connectivity index (χ1) is 9.58. The lowest BCUT2D eigenvalue weighted by molar-refractivity contribution is -0.132. The molecule has 0 bridgehead atoms. The Morgan fingerprint density at radius 3 is 2.10 bits per heavy atom. The first-order valence-corrected chi connectivity index (χ1v) is 6.33. The second-order valence-electron chi connectivity index (χ2n) is 4.59. The highest BCUT2D eigenvalue weighted by atomic mass is 16.4. The number of carbonyl (C=O) groups is 1. The lowest BCUT2D eigenvalue weighted by atomic mass is 10.0. The number of rotatable bonds is 4. The van der Waals surface area contributed by atoms with Crippen LogP contribution in [-0.4, -0.2) is 16.2 Å². The summed E-state index contributed by atoms with van der Waals surface area (Å²) >= 11 is 0. The summed E-state index contributed by atoms with van der Waals surface area (Å²) in [6.07, 6.45) is 0.427. The van der Waals surface area contributed by atoms with Crippen LogP contribution in [-0.2, 0) is 4.79 Å². The second-order valence-corrected chi connectivity index (χ2v) is 4.59. The van der Waals surface area contributed by atoms with Crippen molar-refractivity contribution >= 4 is 5.97 Å². The summed E-state index contributed by atoms with van der Waals surface area (Å²) < 4.78 is 0. The summed E-state index contributed by atoms with van der Waals surface area (Å²) in [5, 5.41) is 18.8. The van der Waals surface area contributed by atoms with E-state index in [-0.39, 0.29) is 5.57 Å². The Labute approximate surface area is 117 Å². The molecule has 0 aliphatic rings. The van der Waals surface area contributed by atoms with Crippen LogP contribution in [0.4, 0.5) is 0 Å². The number of aliphatic hydroxyl groups excluding tert-OH is 1. The minimum Gasteiger partial charge on any atom is -0.478 e. The van der Waals surface area contributed by atoms with Crippen LogP contribution in [0.15, 0.2) is 66.2 Å². The zero-order chi connectivity index (χ0) is 14.5. The molecule has 0 fully saturated rings. The number of benzene rings is 2. The van der Waals surface area contributed by atoms with E-state index < -0.39 is 12.1 Å². The van der Waals surface area contributed by atoms with Crippen molar-refractivity contribution < 1.29 is 15.0 Å². The van der Waals surface area contributed by atoms with Gasteiger partial charge < -0.3 is 10.2 Å². The maximum Gasteiger partial charge on any atom is 0.331 e. The minimum absolute atomic E-state index is 0.129. The Kier molecular flexibility index (Phi) is 4.33. The van der Waals surface area contributed by atoms with E-state index in [1.54, 1.807) is 12.1 Å². The number of carboxylic acid groups (broad SMARTS) is 1. The van der Waals surface area contributed by atoms with Crippen molar-refractivity contribution in [1.82, 2.24) is 0 Å². The number of aliphatic carboxylic acids is 1. The Balaban J connectivity index is 2.21. The van der Waals surface area contributed by atoms with Gasteiger partial charge in [0.1, 0.15) is 0 Å². The van der Waals surface area contributed by atoms with Crippen molar-refractivity contribution in [1.29, 1.82) is 0 Å². The Morgan fingerprint density at radius 2 is 1.55 bits per heavy atom. The van der Waals surface area contributed by atoms with E-state index in [4.69, 9.17) is 5.11 Å². The van der Waals surface area contributed by atoms with Crippen molar-refractivity contribution in [3.8, 4) is 11.1 Å². The lowest BCUT2D eigenvalue weighted by Crippen LogP contribution is -2.00. The van der Waals surface area contributed by atoms with Gasteiger partial charge in [0.15, 0.2) is 0 Å². The molecule has 0 saturated heterocycles. The number of aliphatic hydroxyl groups is 1. The fourth-order valence-electron chi connectivity index (χ4n) is 1.91. The van der Waals surface area contributed by atoms with Crippen molar-refractivity contribution in [2.75, 3.05) is 0 Å². The normalized spacial score (nSPS) is 13.0. The summed E-state index contributed by atoms with van der Waals surface area (Å²) in [4.78, 5) is 10.7. The molecule has 2 aromatic rings. The van der Waals surface area contributed by atoms with Crippen molar-refractivity contribution in [3.05, 3.63) is 71.8 Å². The number of hydrogen-bond donors (Lipinski definition) is 2. The third-order valence-electron chi connectivity index (χ3n) is 3.10. The molecule has 0 aliphatic heterocycles. The van der Waals surface area contributed by atoms with E-state index in [0.29, 0.717) is 5.56 Å². The molecule has 1 atom stereocenters. The van der Waals surface area contributed by atoms with Gasteiger partial charge in [-0.3, -0.25) is 0 Å². The number of carboxylic acids is 1. The average molecular weight is 268 g/mol. The largest absolute Gasteiger partial charge is 0.478 e. The van der Waals surface area contributed by atoms with Gasteiger partial charge >= 0.3 is 5.97 Å². The number of hydrogen-bond acceptors (Lipinski definition) is 2. The fraction of sp³-hybridized carbons (Fsp3) is 0.118. The molecular weight excluding hydrogens is 252 g/mol. The van der Waals surface area contributed by atoms with E-state index in [9.17, 15) is 9.90 Å². The quantitative estimate of drug-likeness (QED) is 0.835. The van der Waals surface area contributed by atoms with Gasteiger partial charge in [-0.05, 0) is 29.7 Å². The van der Waals surface area contributed by atoms with Gasteiger partial charge in [-0.2, -0.15) is 0 Å². The predicted octanol–water partition coefficient (Wildman–Crippen LogP) is 3.42. The standard InChI is InChI=1S/C17H16O3/c1-12(17(19)20)11-16(18)15-9-7-14(8-10-15)13-5-3-2-4-6-13/h2-11,16,18H,1H3,(H,19,20)/b12-11+. The molecule has 20 heavy (non-hydrogen) atoms. The molecule has 3 nitrogen and oxygen atoms in total. The van der Waals surface area contributed by atoms with E-state index >= 15 is 0 Å². The van der Waals surface area contributed by atoms with Gasteiger partial charge in [0, 0.05) is 5.57 Å². The van der Waals surface area contributed by atoms with E-state index in [1.807, 2.05) is 42.5 Å². The first-order valence-electron chi connectivity index (χ1n) is 6.33. The predicted molar refractivity (Wildman–Crippen MR) is 78.2 cm³/mol. The second kappa shape index (κ2) is 6.17. The molecular formula is C17H16O3. The van der Waals surface area contributed by atoms with E-state index in [1.165, 1.54) is 13.0 Å². The van der Waals surface area contributed by atoms with Crippen LogP contribution >= 0.6 is 0 Å². The van der Waals surface area contributed by atoms with Crippen LogP contribution in [0.1, 0.15) is 18.6 Å². The van der Waals surface area contributed by atoms with Crippen LogP contribution in [0.5, 0.6) is 0 Å². The van der Waals surface area contributed by atoms with E-state index in [2.05, 4.69) is 0 Å². The lowest BCUT2D eigenvalue weighted by Gasteiger charge is -2.08. The molecule has 0 heterocycles. The topological polar surface area (TPSA) is 57.5 Å². The molecule has 2 aromatic carbocycles. The molecule has 0 radical (unpaired) electrons. The van der Waals surface area contributed by atoms with E-state index in [0.717, 1.165) is 11.1 Å². The third kappa shape index (κ3) is 3.33. The summed E-state index contributed by atoms with van der Waals surface area (Å²) in [7, 11) is 0. The van der Waals surface area contributed by atoms with Crippen molar-refractivity contribution in [2.24, 2.45) is 0 Å². The summed E-state index contributed by atoms with van der Waals surface area (Å²) in [6, 6.07) is 17.4. The Hall–Kier alpha value is -2.39. The first kappa shape index (κ1) is 14.0. The van der Waals surface area contributed by atoms with Crippen LogP contribution in [0, 0.1) is 0 Å². The highest BCUT2D eigenvalue weighted by Crippen LogP contribution is 2.22. The fourth-order valence-corrected chi connectivity index (χ4v) is 1.91. The third-order valence-corrected chi connectivity index (χ3v) is 3.10. The Morgan fingerprint density at radius 1 is 1.00 bits per heavy atom.